The minimum atomic E-state index is -1.34. The molecule has 24 heavy (non-hydrogen) atoms. The molecule has 0 fully saturated rings. The van der Waals surface area contributed by atoms with Crippen molar-refractivity contribution in [1.29, 1.82) is 0 Å². The molecule has 10 heteroatoms. The smallest absolute Gasteiger partial charge is 0.353 e. The van der Waals surface area contributed by atoms with Gasteiger partial charge >= 0.3 is 11.7 Å². The van der Waals surface area contributed by atoms with Gasteiger partial charge in [-0.15, -0.1) is 0 Å². The van der Waals surface area contributed by atoms with Gasteiger partial charge < -0.3 is 9.67 Å². The topological polar surface area (TPSA) is 137 Å². The molecule has 0 unspecified atom stereocenters. The minimum absolute atomic E-state index is 0.0274. The van der Waals surface area contributed by atoms with Gasteiger partial charge in [0.25, 0.3) is 11.2 Å². The van der Waals surface area contributed by atoms with Crippen LogP contribution in [0.3, 0.4) is 0 Å². The van der Waals surface area contributed by atoms with E-state index in [0.717, 1.165) is 0 Å². The van der Waals surface area contributed by atoms with Crippen LogP contribution in [0.1, 0.15) is 0 Å². The molecule has 122 valence electrons. The Morgan fingerprint density at radius 1 is 1.33 bits per heavy atom. The number of carboxylic acids is 1. The number of non-ortho nitro benzene ring substituents is 1. The maximum Gasteiger partial charge on any atom is 0.353 e. The zero-order valence-electron chi connectivity index (χ0n) is 12.3. The minimum Gasteiger partial charge on any atom is -0.480 e. The highest BCUT2D eigenvalue weighted by Crippen LogP contribution is 2.26. The van der Waals surface area contributed by atoms with Crippen molar-refractivity contribution in [1.82, 2.24) is 14.1 Å². The first-order valence-corrected chi connectivity index (χ1v) is 6.70. The maximum atomic E-state index is 12.4. The van der Waals surface area contributed by atoms with Gasteiger partial charge in [0, 0.05) is 19.2 Å². The Labute approximate surface area is 132 Å². The largest absolute Gasteiger partial charge is 0.480 e. The van der Waals surface area contributed by atoms with Crippen LogP contribution in [0, 0.1) is 10.1 Å². The molecule has 0 atom stereocenters. The van der Waals surface area contributed by atoms with Gasteiger partial charge in [0.15, 0.2) is 5.82 Å². The third-order valence-electron chi connectivity index (χ3n) is 3.65. The first kappa shape index (κ1) is 15.3. The molecule has 0 saturated heterocycles. The summed E-state index contributed by atoms with van der Waals surface area (Å²) in [6, 6.07) is 5.50. The average Bonchev–Trinajstić information content (AvgIpc) is 2.52. The summed E-state index contributed by atoms with van der Waals surface area (Å²) in [6.07, 6.45) is 0. The van der Waals surface area contributed by atoms with Crippen molar-refractivity contribution in [2.75, 3.05) is 0 Å². The van der Waals surface area contributed by atoms with Crippen molar-refractivity contribution in [3.8, 4) is 11.4 Å². The van der Waals surface area contributed by atoms with Gasteiger partial charge in [-0.2, -0.15) is 4.98 Å². The van der Waals surface area contributed by atoms with Gasteiger partial charge in [0.1, 0.15) is 6.54 Å². The number of aliphatic carboxylic acids is 1. The fourth-order valence-electron chi connectivity index (χ4n) is 2.52. The predicted molar refractivity (Wildman–Crippen MR) is 82.2 cm³/mol. The Morgan fingerprint density at radius 2 is 2.04 bits per heavy atom. The van der Waals surface area contributed by atoms with Crippen LogP contribution in [-0.4, -0.2) is 30.1 Å². The molecule has 0 spiro atoms. The third-order valence-corrected chi connectivity index (χ3v) is 3.65. The van der Waals surface area contributed by atoms with Crippen LogP contribution < -0.4 is 11.2 Å². The Balaban J connectivity index is 2.42. The molecule has 10 nitrogen and oxygen atoms in total. The van der Waals surface area contributed by atoms with Gasteiger partial charge in [0.2, 0.25) is 0 Å². The Bertz CT molecular complexity index is 1100. The van der Waals surface area contributed by atoms with Crippen LogP contribution in [0.25, 0.3) is 22.3 Å². The fraction of sp³-hybridized carbons (Fsp3) is 0.143. The zero-order valence-corrected chi connectivity index (χ0v) is 12.3. The normalized spacial score (nSPS) is 11.0. The molecule has 2 heterocycles. The van der Waals surface area contributed by atoms with Crippen molar-refractivity contribution in [3.05, 3.63) is 55.2 Å². The number of nitro groups is 1. The summed E-state index contributed by atoms with van der Waals surface area (Å²) in [4.78, 5) is 49.2. The predicted octanol–water partition coefficient (Wildman–Crippen LogP) is 0.193. The molecule has 0 saturated carbocycles. The number of fused-ring (bicyclic) bond motifs is 2. The van der Waals surface area contributed by atoms with Gasteiger partial charge in [-0.25, -0.2) is 9.36 Å². The molecular formula is C14H10N4O6. The van der Waals surface area contributed by atoms with E-state index < -0.39 is 28.7 Å². The molecule has 1 aromatic rings. The van der Waals surface area contributed by atoms with E-state index in [2.05, 4.69) is 4.98 Å². The van der Waals surface area contributed by atoms with Crippen LogP contribution in [0.4, 0.5) is 5.69 Å². The lowest BCUT2D eigenvalue weighted by atomic mass is 10.1. The number of carbonyl (C=O) groups is 1. The summed E-state index contributed by atoms with van der Waals surface area (Å²) in [6.45, 7) is -0.789. The average molecular weight is 330 g/mol. The molecule has 0 radical (unpaired) electrons. The van der Waals surface area contributed by atoms with Gasteiger partial charge in [-0.1, -0.05) is 0 Å². The molecule has 1 aromatic carbocycles. The van der Waals surface area contributed by atoms with E-state index in [1.54, 1.807) is 0 Å². The Kier molecular flexibility index (Phi) is 3.36. The quantitative estimate of drug-likeness (QED) is 0.411. The Hall–Kier alpha value is -3.56. The summed E-state index contributed by atoms with van der Waals surface area (Å²) in [5, 5.41) is 20.2. The fourth-order valence-corrected chi connectivity index (χ4v) is 2.52. The van der Waals surface area contributed by atoms with E-state index in [1.165, 1.54) is 35.9 Å². The lowest BCUT2D eigenvalue weighted by Gasteiger charge is -2.14. The summed E-state index contributed by atoms with van der Waals surface area (Å²) in [7, 11) is 1.52. The number of nitrogens with zero attached hydrogens (tertiary/aromatic N) is 4. The number of pyridine rings is 1. The summed E-state index contributed by atoms with van der Waals surface area (Å²) in [5.74, 6) is -1.31. The first-order chi connectivity index (χ1) is 11.3. The van der Waals surface area contributed by atoms with Crippen molar-refractivity contribution in [3.63, 3.8) is 0 Å². The van der Waals surface area contributed by atoms with E-state index in [1.807, 2.05) is 0 Å². The van der Waals surface area contributed by atoms with Crippen molar-refractivity contribution in [2.24, 2.45) is 7.05 Å². The van der Waals surface area contributed by atoms with Crippen molar-refractivity contribution in [2.45, 2.75) is 6.54 Å². The molecular weight excluding hydrogens is 320 g/mol. The van der Waals surface area contributed by atoms with Gasteiger partial charge in [-0.3, -0.25) is 19.7 Å². The van der Waals surface area contributed by atoms with Crippen molar-refractivity contribution >= 4 is 22.6 Å². The van der Waals surface area contributed by atoms with E-state index in [-0.39, 0.29) is 17.1 Å². The highest BCUT2D eigenvalue weighted by atomic mass is 16.6. The molecule has 1 N–H and O–H groups in total. The third kappa shape index (κ3) is 2.29. The van der Waals surface area contributed by atoms with Crippen LogP contribution in [0.5, 0.6) is 0 Å². The van der Waals surface area contributed by atoms with Gasteiger partial charge in [-0.05, 0) is 17.5 Å². The summed E-state index contributed by atoms with van der Waals surface area (Å²) >= 11 is 0. The number of aryl methyl sites for hydroxylation is 1. The number of hydrogen-bond donors (Lipinski definition) is 1. The summed E-state index contributed by atoms with van der Waals surface area (Å²) in [5.41, 5.74) is -1.43. The maximum absolute atomic E-state index is 12.4. The number of rotatable bonds is 3. The Morgan fingerprint density at radius 3 is 2.67 bits per heavy atom. The second-order valence-electron chi connectivity index (χ2n) is 5.12. The lowest BCUT2D eigenvalue weighted by Crippen LogP contribution is -2.39. The van der Waals surface area contributed by atoms with E-state index in [9.17, 15) is 24.5 Å². The lowest BCUT2D eigenvalue weighted by molar-refractivity contribution is -0.384. The number of nitro benzene ring substituents is 1. The monoisotopic (exact) mass is 330 g/mol. The highest BCUT2D eigenvalue weighted by Gasteiger charge is 2.20. The second kappa shape index (κ2) is 5.26. The van der Waals surface area contributed by atoms with E-state index >= 15 is 0 Å². The number of benzene rings is 1. The van der Waals surface area contributed by atoms with Crippen molar-refractivity contribution < 1.29 is 14.8 Å². The SMILES string of the molecule is Cn1c2nc(=O)n(CC(=O)O)c(=O)c-2cc2ccc([N+](=O)[O-])cc21. The van der Waals surface area contributed by atoms with E-state index in [4.69, 9.17) is 5.11 Å². The first-order valence-electron chi connectivity index (χ1n) is 6.70. The number of aromatic nitrogens is 3. The standard InChI is InChI=1S/C14H10N4O6/c1-16-10-5-8(18(23)24)3-2-7(10)4-9-12(16)15-14(22)17(13(9)21)6-11(19)20/h2-5H,6H2,1H3,(H,19,20). The molecule has 2 aliphatic rings. The van der Waals surface area contributed by atoms with Crippen LogP contribution in [0.15, 0.2) is 33.9 Å². The molecule has 0 aromatic heterocycles. The zero-order chi connectivity index (χ0) is 17.6. The highest BCUT2D eigenvalue weighted by molar-refractivity contribution is 5.87. The van der Waals surface area contributed by atoms with Crippen LogP contribution in [-0.2, 0) is 18.4 Å². The molecule has 0 amide bonds. The molecule has 0 aliphatic carbocycles. The van der Waals surface area contributed by atoms with Crippen LogP contribution in [0.2, 0.25) is 0 Å². The second-order valence-corrected chi connectivity index (χ2v) is 5.12. The van der Waals surface area contributed by atoms with Crippen LogP contribution >= 0.6 is 0 Å². The molecule has 0 bridgehead atoms. The van der Waals surface area contributed by atoms with E-state index in [0.29, 0.717) is 15.5 Å². The number of carboxylic acid groups (broad SMARTS) is 1. The van der Waals surface area contributed by atoms with Gasteiger partial charge in [0.05, 0.1) is 16.0 Å². The summed E-state index contributed by atoms with van der Waals surface area (Å²) < 4.78 is 1.92. The molecule has 3 rings (SSSR count). The molecule has 2 aliphatic heterocycles. The number of hydrogen-bond acceptors (Lipinski definition) is 6.